The average Bonchev–Trinajstić information content (AvgIpc) is 2.76. The zero-order chi connectivity index (χ0) is 14.7. The van der Waals surface area contributed by atoms with E-state index in [-0.39, 0.29) is 18.2 Å². The lowest BCUT2D eigenvalue weighted by Crippen LogP contribution is -2.37. The van der Waals surface area contributed by atoms with E-state index in [9.17, 15) is 14.4 Å². The molecule has 0 aliphatic carbocycles. The van der Waals surface area contributed by atoms with Crippen LogP contribution in [0.5, 0.6) is 0 Å². The summed E-state index contributed by atoms with van der Waals surface area (Å²) in [6.45, 7) is 0.357. The predicted octanol–water partition coefficient (Wildman–Crippen LogP) is -0.470. The molecule has 1 aliphatic heterocycles. The standard InChI is InChI=1S/C14H15BN2O3/c1-16-13(19)5-3-11(8-18)17-7-9-6-10(15)2-4-12(9)14(17)20/h2,4,6,8,11H,3,5,7H2,1H3,(H,16,19). The van der Waals surface area contributed by atoms with Crippen LogP contribution in [0.15, 0.2) is 18.2 Å². The second-order valence-electron chi connectivity index (χ2n) is 4.76. The SMILES string of the molecule is [B]c1ccc2c(c1)CN(C(C=O)CCC(=O)NC)C2=O. The maximum atomic E-state index is 12.2. The highest BCUT2D eigenvalue weighted by molar-refractivity contribution is 6.32. The summed E-state index contributed by atoms with van der Waals surface area (Å²) in [5, 5.41) is 2.50. The van der Waals surface area contributed by atoms with Crippen molar-refractivity contribution in [1.29, 1.82) is 0 Å². The van der Waals surface area contributed by atoms with E-state index in [1.54, 1.807) is 18.2 Å². The van der Waals surface area contributed by atoms with Gasteiger partial charge in [0.25, 0.3) is 5.91 Å². The first kappa shape index (κ1) is 14.3. The van der Waals surface area contributed by atoms with E-state index < -0.39 is 6.04 Å². The summed E-state index contributed by atoms with van der Waals surface area (Å²) in [7, 11) is 7.23. The summed E-state index contributed by atoms with van der Waals surface area (Å²) in [5.41, 5.74) is 1.99. The number of nitrogens with one attached hydrogen (secondary N) is 1. The smallest absolute Gasteiger partial charge is 0.255 e. The van der Waals surface area contributed by atoms with Gasteiger partial charge in [-0.1, -0.05) is 17.6 Å². The van der Waals surface area contributed by atoms with Gasteiger partial charge in [-0.15, -0.1) is 0 Å². The van der Waals surface area contributed by atoms with Crippen molar-refractivity contribution in [3.8, 4) is 0 Å². The second kappa shape index (κ2) is 5.90. The van der Waals surface area contributed by atoms with Crippen molar-refractivity contribution >= 4 is 31.4 Å². The minimum absolute atomic E-state index is 0.148. The molecular formula is C14H15BN2O3. The zero-order valence-corrected chi connectivity index (χ0v) is 11.3. The minimum Gasteiger partial charge on any atom is -0.359 e. The van der Waals surface area contributed by atoms with Crippen molar-refractivity contribution in [2.24, 2.45) is 0 Å². The predicted molar refractivity (Wildman–Crippen MR) is 74.9 cm³/mol. The molecule has 2 rings (SSSR count). The molecule has 1 atom stereocenters. The van der Waals surface area contributed by atoms with Gasteiger partial charge in [-0.2, -0.15) is 0 Å². The van der Waals surface area contributed by atoms with E-state index in [2.05, 4.69) is 5.32 Å². The molecule has 5 nitrogen and oxygen atoms in total. The molecule has 1 unspecified atom stereocenters. The molecule has 102 valence electrons. The molecule has 0 spiro atoms. The van der Waals surface area contributed by atoms with Crippen LogP contribution in [-0.2, 0) is 16.1 Å². The van der Waals surface area contributed by atoms with Crippen molar-refractivity contribution in [2.45, 2.75) is 25.4 Å². The molecule has 0 saturated carbocycles. The maximum absolute atomic E-state index is 12.2. The Bertz CT molecular complexity index is 559. The van der Waals surface area contributed by atoms with Crippen LogP contribution in [0.4, 0.5) is 0 Å². The van der Waals surface area contributed by atoms with Crippen LogP contribution in [0.2, 0.25) is 0 Å². The van der Waals surface area contributed by atoms with E-state index in [0.29, 0.717) is 24.0 Å². The highest BCUT2D eigenvalue weighted by Gasteiger charge is 2.32. The molecule has 1 N–H and O–H groups in total. The molecule has 0 bridgehead atoms. The van der Waals surface area contributed by atoms with E-state index >= 15 is 0 Å². The van der Waals surface area contributed by atoms with Crippen molar-refractivity contribution in [3.63, 3.8) is 0 Å². The Morgan fingerprint density at radius 1 is 1.55 bits per heavy atom. The lowest BCUT2D eigenvalue weighted by Gasteiger charge is -2.22. The van der Waals surface area contributed by atoms with Crippen molar-refractivity contribution in [3.05, 3.63) is 29.3 Å². The van der Waals surface area contributed by atoms with Gasteiger partial charge in [0.1, 0.15) is 14.1 Å². The Morgan fingerprint density at radius 2 is 2.30 bits per heavy atom. The fraction of sp³-hybridized carbons (Fsp3) is 0.357. The van der Waals surface area contributed by atoms with Crippen LogP contribution in [0.25, 0.3) is 0 Å². The van der Waals surface area contributed by atoms with Crippen molar-refractivity contribution < 1.29 is 14.4 Å². The third-order valence-electron chi connectivity index (χ3n) is 3.46. The van der Waals surface area contributed by atoms with Crippen LogP contribution in [0, 0.1) is 0 Å². The van der Waals surface area contributed by atoms with Crippen LogP contribution in [-0.4, -0.2) is 43.9 Å². The summed E-state index contributed by atoms with van der Waals surface area (Å²) >= 11 is 0. The van der Waals surface area contributed by atoms with Gasteiger partial charge in [0.05, 0.1) is 6.04 Å². The summed E-state index contributed by atoms with van der Waals surface area (Å²) in [6.07, 6.45) is 1.25. The number of amides is 2. The summed E-state index contributed by atoms with van der Waals surface area (Å²) < 4.78 is 0. The minimum atomic E-state index is -0.589. The Balaban J connectivity index is 2.12. The normalized spacial score (nSPS) is 14.8. The first-order chi connectivity index (χ1) is 9.56. The summed E-state index contributed by atoms with van der Waals surface area (Å²) in [4.78, 5) is 36.2. The number of carbonyl (C=O) groups excluding carboxylic acids is 3. The fourth-order valence-electron chi connectivity index (χ4n) is 2.33. The molecule has 1 heterocycles. The van der Waals surface area contributed by atoms with E-state index in [4.69, 9.17) is 7.85 Å². The van der Waals surface area contributed by atoms with Gasteiger partial charge < -0.3 is 15.0 Å². The Morgan fingerprint density at radius 3 is 2.95 bits per heavy atom. The monoisotopic (exact) mass is 270 g/mol. The molecule has 1 aliphatic rings. The number of nitrogens with zero attached hydrogens (tertiary/aromatic N) is 1. The molecule has 20 heavy (non-hydrogen) atoms. The maximum Gasteiger partial charge on any atom is 0.255 e. The van der Waals surface area contributed by atoms with Gasteiger partial charge in [-0.3, -0.25) is 9.59 Å². The van der Waals surface area contributed by atoms with Crippen molar-refractivity contribution in [1.82, 2.24) is 10.2 Å². The molecular weight excluding hydrogens is 255 g/mol. The zero-order valence-electron chi connectivity index (χ0n) is 11.3. The number of aldehydes is 1. The molecule has 1 aromatic carbocycles. The van der Waals surface area contributed by atoms with Crippen LogP contribution < -0.4 is 10.8 Å². The largest absolute Gasteiger partial charge is 0.359 e. The van der Waals surface area contributed by atoms with E-state index in [1.807, 2.05) is 0 Å². The van der Waals surface area contributed by atoms with Gasteiger partial charge in [-0.05, 0) is 18.1 Å². The Labute approximate surface area is 118 Å². The van der Waals surface area contributed by atoms with Gasteiger partial charge in [0, 0.05) is 25.6 Å². The summed E-state index contributed by atoms with van der Waals surface area (Å²) in [5.74, 6) is -0.334. The third-order valence-corrected chi connectivity index (χ3v) is 3.46. The number of carbonyl (C=O) groups is 3. The number of hydrogen-bond acceptors (Lipinski definition) is 3. The Kier molecular flexibility index (Phi) is 4.22. The first-order valence-corrected chi connectivity index (χ1v) is 6.42. The van der Waals surface area contributed by atoms with Gasteiger partial charge in [0.2, 0.25) is 5.91 Å². The van der Waals surface area contributed by atoms with Crippen LogP contribution in [0.1, 0.15) is 28.8 Å². The fourth-order valence-corrected chi connectivity index (χ4v) is 2.33. The highest BCUT2D eigenvalue weighted by atomic mass is 16.2. The van der Waals surface area contributed by atoms with Gasteiger partial charge >= 0.3 is 0 Å². The third kappa shape index (κ3) is 2.74. The lowest BCUT2D eigenvalue weighted by molar-refractivity contribution is -0.121. The number of benzene rings is 1. The van der Waals surface area contributed by atoms with Crippen LogP contribution in [0.3, 0.4) is 0 Å². The average molecular weight is 270 g/mol. The molecule has 2 amide bonds. The quantitative estimate of drug-likeness (QED) is 0.581. The molecule has 0 fully saturated rings. The highest BCUT2D eigenvalue weighted by Crippen LogP contribution is 2.24. The molecule has 0 saturated heterocycles. The summed E-state index contributed by atoms with van der Waals surface area (Å²) in [6, 6.07) is 4.50. The van der Waals surface area contributed by atoms with E-state index in [0.717, 1.165) is 11.8 Å². The molecule has 2 radical (unpaired) electrons. The van der Waals surface area contributed by atoms with Crippen LogP contribution >= 0.6 is 0 Å². The van der Waals surface area contributed by atoms with E-state index in [1.165, 1.54) is 11.9 Å². The number of fused-ring (bicyclic) bond motifs is 1. The topological polar surface area (TPSA) is 66.5 Å². The Hall–Kier alpha value is -2.11. The second-order valence-corrected chi connectivity index (χ2v) is 4.76. The first-order valence-electron chi connectivity index (χ1n) is 6.42. The van der Waals surface area contributed by atoms with Gasteiger partial charge in [0.15, 0.2) is 0 Å². The molecule has 1 aromatic rings. The molecule has 6 heteroatoms. The van der Waals surface area contributed by atoms with Crippen molar-refractivity contribution in [2.75, 3.05) is 7.05 Å². The lowest BCUT2D eigenvalue weighted by atomic mass is 9.93. The van der Waals surface area contributed by atoms with Gasteiger partial charge in [-0.25, -0.2) is 0 Å². The number of hydrogen-bond donors (Lipinski definition) is 1. The number of rotatable bonds is 5. The molecule has 0 aromatic heterocycles.